The Bertz CT molecular complexity index is 809. The highest BCUT2D eigenvalue weighted by Gasteiger charge is 2.26. The second-order valence-corrected chi connectivity index (χ2v) is 10.1. The summed E-state index contributed by atoms with van der Waals surface area (Å²) in [4.78, 5) is 33.3. The smallest absolute Gasteiger partial charge is 0.326 e. The van der Waals surface area contributed by atoms with Gasteiger partial charge in [0.15, 0.2) is 0 Å². The molecule has 0 spiro atoms. The molecule has 1 aromatic rings. The minimum atomic E-state index is -1.01. The summed E-state index contributed by atoms with van der Waals surface area (Å²) < 4.78 is 5.54. The molecular weight excluding hydrogens is 458 g/mol. The molecule has 2 rings (SSSR count). The van der Waals surface area contributed by atoms with E-state index in [9.17, 15) is 14.7 Å². The number of anilines is 1. The van der Waals surface area contributed by atoms with E-state index in [1.54, 1.807) is 4.90 Å². The van der Waals surface area contributed by atoms with Gasteiger partial charge in [0.2, 0.25) is 0 Å². The third-order valence-corrected chi connectivity index (χ3v) is 6.54. The maximum Gasteiger partial charge on any atom is 0.326 e. The Balaban J connectivity index is 1.87. The van der Waals surface area contributed by atoms with E-state index in [0.29, 0.717) is 26.2 Å². The first-order valence-corrected chi connectivity index (χ1v) is 13.6. The van der Waals surface area contributed by atoms with Crippen molar-refractivity contribution in [3.05, 3.63) is 23.4 Å². The van der Waals surface area contributed by atoms with Crippen molar-refractivity contribution in [2.75, 3.05) is 44.7 Å². The molecule has 2 amide bonds. The Hall–Kier alpha value is -2.39. The van der Waals surface area contributed by atoms with Crippen LogP contribution in [-0.2, 0) is 22.4 Å². The van der Waals surface area contributed by atoms with Crippen molar-refractivity contribution in [1.29, 1.82) is 0 Å². The SMILES string of the molecule is CCOCCN(CCCCc1ccc2c(n1)NCCC2)CCC(NC(=O)N(C(C)C)C(C)C)C(=O)O. The lowest BCUT2D eigenvalue weighted by molar-refractivity contribution is -0.139. The van der Waals surface area contributed by atoms with Gasteiger partial charge in [0, 0.05) is 44.0 Å². The zero-order valence-electron chi connectivity index (χ0n) is 22.9. The van der Waals surface area contributed by atoms with E-state index in [1.165, 1.54) is 5.56 Å². The number of urea groups is 1. The number of ether oxygens (including phenoxy) is 1. The summed E-state index contributed by atoms with van der Waals surface area (Å²) >= 11 is 0. The number of hydrogen-bond donors (Lipinski definition) is 3. The van der Waals surface area contributed by atoms with E-state index in [-0.39, 0.29) is 18.1 Å². The van der Waals surface area contributed by atoms with E-state index < -0.39 is 12.0 Å². The van der Waals surface area contributed by atoms with Crippen LogP contribution in [0.2, 0.25) is 0 Å². The maximum absolute atomic E-state index is 12.7. The lowest BCUT2D eigenvalue weighted by Gasteiger charge is -2.32. The molecular formula is C27H47N5O4. The third kappa shape index (κ3) is 9.93. The van der Waals surface area contributed by atoms with Crippen molar-refractivity contribution in [2.45, 2.75) is 91.3 Å². The Morgan fingerprint density at radius 3 is 2.56 bits per heavy atom. The standard InChI is InChI=1S/C27H47N5O4/c1-6-36-19-18-31(16-8-7-11-23-13-12-22-10-9-15-28-25(22)29-23)17-14-24(26(33)34)30-27(35)32(20(2)3)21(4)5/h12-13,20-21,24H,6-11,14-19H2,1-5H3,(H,28,29)(H,30,35)(H,33,34). The van der Waals surface area contributed by atoms with Crippen LogP contribution in [0, 0.1) is 0 Å². The number of hydrogen-bond acceptors (Lipinski definition) is 6. The van der Waals surface area contributed by atoms with Gasteiger partial charge in [-0.1, -0.05) is 6.07 Å². The van der Waals surface area contributed by atoms with Crippen LogP contribution in [0.5, 0.6) is 0 Å². The van der Waals surface area contributed by atoms with E-state index >= 15 is 0 Å². The second-order valence-electron chi connectivity index (χ2n) is 10.1. The Morgan fingerprint density at radius 1 is 1.14 bits per heavy atom. The molecule has 1 aromatic heterocycles. The quantitative estimate of drug-likeness (QED) is 0.294. The van der Waals surface area contributed by atoms with Crippen molar-refractivity contribution in [2.24, 2.45) is 0 Å². The first kappa shape index (κ1) is 29.8. The molecule has 0 fully saturated rings. The van der Waals surface area contributed by atoms with Gasteiger partial charge in [0.05, 0.1) is 6.61 Å². The fourth-order valence-electron chi connectivity index (χ4n) is 4.68. The predicted octanol–water partition coefficient (Wildman–Crippen LogP) is 3.77. The number of nitrogens with one attached hydrogen (secondary N) is 2. The van der Waals surface area contributed by atoms with E-state index in [2.05, 4.69) is 27.7 Å². The van der Waals surface area contributed by atoms with Gasteiger partial charge in [0.25, 0.3) is 0 Å². The number of carboxylic acid groups (broad SMARTS) is 1. The van der Waals surface area contributed by atoms with Crippen LogP contribution in [0.4, 0.5) is 10.6 Å². The highest BCUT2D eigenvalue weighted by atomic mass is 16.5. The number of carbonyl (C=O) groups is 2. The second kappa shape index (κ2) is 15.7. The van der Waals surface area contributed by atoms with Crippen LogP contribution in [0.25, 0.3) is 0 Å². The van der Waals surface area contributed by atoms with Crippen LogP contribution in [0.1, 0.15) is 71.6 Å². The Kier molecular flexibility index (Phi) is 13.0. The Morgan fingerprint density at radius 2 is 1.89 bits per heavy atom. The number of unbranched alkanes of at least 4 members (excludes halogenated alkanes) is 1. The minimum absolute atomic E-state index is 0.0116. The maximum atomic E-state index is 12.7. The van der Waals surface area contributed by atoms with Crippen LogP contribution >= 0.6 is 0 Å². The molecule has 2 heterocycles. The van der Waals surface area contributed by atoms with Gasteiger partial charge in [0.1, 0.15) is 11.9 Å². The highest BCUT2D eigenvalue weighted by molar-refractivity contribution is 5.82. The number of aryl methyl sites for hydroxylation is 2. The van der Waals surface area contributed by atoms with Gasteiger partial charge in [-0.15, -0.1) is 0 Å². The van der Waals surface area contributed by atoms with Gasteiger partial charge in [-0.25, -0.2) is 14.6 Å². The van der Waals surface area contributed by atoms with Gasteiger partial charge in [-0.2, -0.15) is 0 Å². The summed E-state index contributed by atoms with van der Waals surface area (Å²) in [5, 5.41) is 15.9. The molecule has 1 aliphatic heterocycles. The highest BCUT2D eigenvalue weighted by Crippen LogP contribution is 2.20. The summed E-state index contributed by atoms with van der Waals surface area (Å²) in [6, 6.07) is 3.04. The number of amides is 2. The summed E-state index contributed by atoms with van der Waals surface area (Å²) in [6.45, 7) is 14.1. The molecule has 1 atom stereocenters. The number of fused-ring (bicyclic) bond motifs is 1. The zero-order chi connectivity index (χ0) is 26.5. The summed E-state index contributed by atoms with van der Waals surface area (Å²) in [5.41, 5.74) is 2.41. The van der Waals surface area contributed by atoms with E-state index in [1.807, 2.05) is 34.6 Å². The fraction of sp³-hybridized carbons (Fsp3) is 0.741. The monoisotopic (exact) mass is 505 g/mol. The molecule has 0 bridgehead atoms. The van der Waals surface area contributed by atoms with Gasteiger partial charge in [-0.3, -0.25) is 0 Å². The molecule has 9 nitrogen and oxygen atoms in total. The van der Waals surface area contributed by atoms with Crippen molar-refractivity contribution >= 4 is 17.8 Å². The van der Waals surface area contributed by atoms with Crippen molar-refractivity contribution < 1.29 is 19.4 Å². The summed E-state index contributed by atoms with van der Waals surface area (Å²) in [6.07, 6.45) is 5.50. The average molecular weight is 506 g/mol. The predicted molar refractivity (Wildman–Crippen MR) is 144 cm³/mol. The molecule has 0 saturated heterocycles. The molecule has 3 N–H and O–H groups in total. The number of carbonyl (C=O) groups excluding carboxylic acids is 1. The van der Waals surface area contributed by atoms with Gasteiger partial charge < -0.3 is 30.3 Å². The average Bonchev–Trinajstić information content (AvgIpc) is 2.83. The van der Waals surface area contributed by atoms with Crippen LogP contribution in [0.3, 0.4) is 0 Å². The normalized spacial score (nSPS) is 14.0. The number of carboxylic acids is 1. The molecule has 204 valence electrons. The van der Waals surface area contributed by atoms with Crippen LogP contribution in [0.15, 0.2) is 12.1 Å². The van der Waals surface area contributed by atoms with Crippen molar-refractivity contribution in [1.82, 2.24) is 20.1 Å². The molecule has 1 unspecified atom stereocenters. The zero-order valence-corrected chi connectivity index (χ0v) is 22.9. The molecule has 0 aliphatic carbocycles. The van der Waals surface area contributed by atoms with Crippen LogP contribution < -0.4 is 10.6 Å². The third-order valence-electron chi connectivity index (χ3n) is 6.54. The Labute approximate surface area is 217 Å². The number of aliphatic carboxylic acids is 1. The molecule has 36 heavy (non-hydrogen) atoms. The van der Waals surface area contributed by atoms with E-state index in [0.717, 1.165) is 63.3 Å². The number of nitrogens with zero attached hydrogens (tertiary/aromatic N) is 3. The van der Waals surface area contributed by atoms with Crippen LogP contribution in [-0.4, -0.2) is 89.4 Å². The number of pyridine rings is 1. The first-order chi connectivity index (χ1) is 17.2. The number of aromatic nitrogens is 1. The van der Waals surface area contributed by atoms with Crippen molar-refractivity contribution in [3.63, 3.8) is 0 Å². The molecule has 0 radical (unpaired) electrons. The molecule has 0 aromatic carbocycles. The minimum Gasteiger partial charge on any atom is -0.480 e. The molecule has 1 aliphatic rings. The topological polar surface area (TPSA) is 107 Å². The largest absolute Gasteiger partial charge is 0.480 e. The van der Waals surface area contributed by atoms with Gasteiger partial charge >= 0.3 is 12.0 Å². The molecule has 9 heteroatoms. The summed E-state index contributed by atoms with van der Waals surface area (Å²) in [5.74, 6) is 0.0278. The molecule has 0 saturated carbocycles. The lowest BCUT2D eigenvalue weighted by Crippen LogP contribution is -2.53. The lowest BCUT2D eigenvalue weighted by atomic mass is 10.1. The van der Waals surface area contributed by atoms with Crippen molar-refractivity contribution in [3.8, 4) is 0 Å². The first-order valence-electron chi connectivity index (χ1n) is 13.6. The number of rotatable bonds is 16. The fourth-order valence-corrected chi connectivity index (χ4v) is 4.68. The van der Waals surface area contributed by atoms with E-state index in [4.69, 9.17) is 9.72 Å². The summed E-state index contributed by atoms with van der Waals surface area (Å²) in [7, 11) is 0. The van der Waals surface area contributed by atoms with Gasteiger partial charge in [-0.05, 0) is 91.3 Å².